The number of fused-ring (bicyclic) bond motifs is 1. The highest BCUT2D eigenvalue weighted by Gasteiger charge is 2.34. The summed E-state index contributed by atoms with van der Waals surface area (Å²) in [5, 5.41) is 13.6. The molecule has 30 heavy (non-hydrogen) atoms. The fraction of sp³-hybridized carbons (Fsp3) is 0.389. The number of non-ortho nitro benzene ring substituents is 1. The van der Waals surface area contributed by atoms with Gasteiger partial charge in [0.15, 0.2) is 10.9 Å². The highest BCUT2D eigenvalue weighted by atomic mass is 32.2. The number of nitro groups is 1. The van der Waals surface area contributed by atoms with Crippen LogP contribution in [0.4, 0.5) is 10.8 Å². The molecule has 0 fully saturated rings. The van der Waals surface area contributed by atoms with E-state index in [1.807, 2.05) is 13.8 Å². The van der Waals surface area contributed by atoms with E-state index in [0.717, 1.165) is 35.6 Å². The molecule has 0 saturated heterocycles. The van der Waals surface area contributed by atoms with Gasteiger partial charge in [-0.3, -0.25) is 19.7 Å². The second-order valence-electron chi connectivity index (χ2n) is 7.68. The molecule has 1 aromatic heterocycles. The Kier molecular flexibility index (Phi) is 6.01. The normalized spacial score (nSPS) is 15.5. The monoisotopic (exact) mass is 452 g/mol. The average Bonchev–Trinajstić information content (AvgIpc) is 3.02. The van der Waals surface area contributed by atoms with Crippen molar-refractivity contribution in [1.82, 2.24) is 9.71 Å². The van der Waals surface area contributed by atoms with Crippen LogP contribution in [0, 0.1) is 15.5 Å². The molecule has 12 heteroatoms. The summed E-state index contributed by atoms with van der Waals surface area (Å²) in [7, 11) is -3.90. The number of rotatable bonds is 7. The molecule has 0 saturated carbocycles. The number of thiazole rings is 1. The number of carbonyl (C=O) groups excluding carboxylic acids is 2. The summed E-state index contributed by atoms with van der Waals surface area (Å²) in [4.78, 5) is 39.1. The van der Waals surface area contributed by atoms with Gasteiger partial charge in [0.2, 0.25) is 15.9 Å². The Bertz CT molecular complexity index is 1110. The molecule has 1 heterocycles. The molecule has 2 N–H and O–H groups in total. The average molecular weight is 453 g/mol. The van der Waals surface area contributed by atoms with Gasteiger partial charge in [-0.25, -0.2) is 18.1 Å². The molecule has 0 unspecified atom stereocenters. The van der Waals surface area contributed by atoms with E-state index in [1.165, 1.54) is 0 Å². The molecule has 0 bridgehead atoms. The number of hydrogen-bond acceptors (Lipinski definition) is 8. The zero-order chi connectivity index (χ0) is 22.1. The lowest BCUT2D eigenvalue weighted by Crippen LogP contribution is -2.27. The van der Waals surface area contributed by atoms with Crippen molar-refractivity contribution in [2.24, 2.45) is 5.41 Å². The fourth-order valence-corrected chi connectivity index (χ4v) is 5.05. The highest BCUT2D eigenvalue weighted by Crippen LogP contribution is 2.38. The van der Waals surface area contributed by atoms with Crippen LogP contribution in [0.1, 0.15) is 42.1 Å². The third-order valence-electron chi connectivity index (χ3n) is 4.48. The quantitative estimate of drug-likeness (QED) is 0.484. The number of aromatic nitrogens is 1. The van der Waals surface area contributed by atoms with E-state index in [4.69, 9.17) is 0 Å². The predicted octanol–water partition coefficient (Wildman–Crippen LogP) is 2.51. The van der Waals surface area contributed by atoms with Gasteiger partial charge in [-0.05, 0) is 24.0 Å². The number of nitrogens with one attached hydrogen (secondary N) is 2. The second kappa shape index (κ2) is 8.20. The Morgan fingerprint density at radius 3 is 2.57 bits per heavy atom. The van der Waals surface area contributed by atoms with Crippen LogP contribution in [0.25, 0.3) is 0 Å². The molecule has 0 radical (unpaired) electrons. The molecular formula is C18H20N4O6S2. The van der Waals surface area contributed by atoms with Crippen LogP contribution < -0.4 is 10.0 Å². The molecule has 0 spiro atoms. The summed E-state index contributed by atoms with van der Waals surface area (Å²) in [6.45, 7) is 3.81. The van der Waals surface area contributed by atoms with Crippen molar-refractivity contribution >= 4 is 43.9 Å². The molecule has 0 atom stereocenters. The standard InChI is InChI=1S/C18H20N4O6S2/c1-18(2)9-13-16(14(23)10-18)29-17(20-13)21-15(24)7-8-19-30(27,28)12-5-3-11(4-6-12)22(25)26/h3-6,19H,7-10H2,1-2H3,(H,20,21,24). The number of ketones is 1. The number of amides is 1. The van der Waals surface area contributed by atoms with Gasteiger partial charge in [0, 0.05) is 31.5 Å². The van der Waals surface area contributed by atoms with Gasteiger partial charge in [0.05, 0.1) is 20.4 Å². The van der Waals surface area contributed by atoms with Crippen molar-refractivity contribution in [1.29, 1.82) is 0 Å². The third-order valence-corrected chi connectivity index (χ3v) is 7.02. The van der Waals surface area contributed by atoms with Gasteiger partial charge >= 0.3 is 0 Å². The van der Waals surface area contributed by atoms with Crippen LogP contribution in [-0.2, 0) is 21.2 Å². The molecule has 1 aliphatic carbocycles. The van der Waals surface area contributed by atoms with Crippen molar-refractivity contribution in [3.63, 3.8) is 0 Å². The fourth-order valence-electron chi connectivity index (χ4n) is 3.08. The van der Waals surface area contributed by atoms with Crippen molar-refractivity contribution in [2.75, 3.05) is 11.9 Å². The summed E-state index contributed by atoms with van der Waals surface area (Å²) >= 11 is 1.13. The van der Waals surface area contributed by atoms with E-state index >= 15 is 0 Å². The van der Waals surface area contributed by atoms with Crippen LogP contribution in [0.5, 0.6) is 0 Å². The van der Waals surface area contributed by atoms with Crippen molar-refractivity contribution in [2.45, 2.75) is 38.0 Å². The summed E-state index contributed by atoms with van der Waals surface area (Å²) in [6, 6.07) is 4.43. The Balaban J connectivity index is 1.55. The van der Waals surface area contributed by atoms with Crippen molar-refractivity contribution < 1.29 is 22.9 Å². The molecule has 0 aliphatic heterocycles. The highest BCUT2D eigenvalue weighted by molar-refractivity contribution is 7.89. The number of sulfonamides is 1. The van der Waals surface area contributed by atoms with E-state index in [2.05, 4.69) is 15.0 Å². The first kappa shape index (κ1) is 22.0. The molecule has 10 nitrogen and oxygen atoms in total. The zero-order valence-corrected chi connectivity index (χ0v) is 17.9. The number of benzene rings is 1. The summed E-state index contributed by atoms with van der Waals surface area (Å²) in [5.41, 5.74) is 0.284. The molecule has 160 valence electrons. The first-order valence-corrected chi connectivity index (χ1v) is 11.3. The zero-order valence-electron chi connectivity index (χ0n) is 16.3. The number of carbonyl (C=O) groups is 2. The Morgan fingerprint density at radius 2 is 1.93 bits per heavy atom. The minimum absolute atomic E-state index is 0.00936. The predicted molar refractivity (Wildman–Crippen MR) is 110 cm³/mol. The van der Waals surface area contributed by atoms with Crippen molar-refractivity contribution in [3.8, 4) is 0 Å². The molecule has 1 amide bonds. The van der Waals surface area contributed by atoms with E-state index in [0.29, 0.717) is 28.5 Å². The van der Waals surface area contributed by atoms with Gasteiger partial charge in [-0.1, -0.05) is 25.2 Å². The van der Waals surface area contributed by atoms with Crippen LogP contribution in [0.2, 0.25) is 0 Å². The van der Waals surface area contributed by atoms with E-state index in [9.17, 15) is 28.1 Å². The maximum atomic E-state index is 12.2. The first-order chi connectivity index (χ1) is 14.0. The minimum atomic E-state index is -3.90. The van der Waals surface area contributed by atoms with Gasteiger partial charge in [-0.15, -0.1) is 0 Å². The molecular weight excluding hydrogens is 432 g/mol. The number of nitro benzene ring substituents is 1. The SMILES string of the molecule is CC1(C)CC(=O)c2sc(NC(=O)CCNS(=O)(=O)c3ccc([N+](=O)[O-])cc3)nc2C1. The minimum Gasteiger partial charge on any atom is -0.302 e. The van der Waals surface area contributed by atoms with Crippen LogP contribution in [-0.4, -0.2) is 36.6 Å². The number of nitrogens with zero attached hydrogens (tertiary/aromatic N) is 2. The largest absolute Gasteiger partial charge is 0.302 e. The van der Waals surface area contributed by atoms with Crippen LogP contribution >= 0.6 is 11.3 Å². The Hall–Kier alpha value is -2.70. The van der Waals surface area contributed by atoms with Crippen LogP contribution in [0.15, 0.2) is 29.2 Å². The number of anilines is 1. The number of hydrogen-bond donors (Lipinski definition) is 2. The lowest BCUT2D eigenvalue weighted by Gasteiger charge is -2.26. The maximum absolute atomic E-state index is 12.2. The van der Waals surface area contributed by atoms with Gasteiger partial charge < -0.3 is 5.32 Å². The first-order valence-electron chi connectivity index (χ1n) is 9.04. The van der Waals surface area contributed by atoms with E-state index in [-0.39, 0.29) is 34.7 Å². The molecule has 1 aromatic carbocycles. The van der Waals surface area contributed by atoms with E-state index in [1.54, 1.807) is 0 Å². The maximum Gasteiger partial charge on any atom is 0.269 e. The van der Waals surface area contributed by atoms with E-state index < -0.39 is 20.9 Å². The summed E-state index contributed by atoms with van der Waals surface area (Å²) < 4.78 is 26.7. The van der Waals surface area contributed by atoms with Crippen LogP contribution in [0.3, 0.4) is 0 Å². The lowest BCUT2D eigenvalue weighted by molar-refractivity contribution is -0.384. The summed E-state index contributed by atoms with van der Waals surface area (Å²) in [5.74, 6) is -0.436. The summed E-state index contributed by atoms with van der Waals surface area (Å²) in [6.07, 6.45) is 0.936. The molecule has 2 aromatic rings. The second-order valence-corrected chi connectivity index (χ2v) is 10.4. The van der Waals surface area contributed by atoms with Crippen molar-refractivity contribution in [3.05, 3.63) is 45.0 Å². The van der Waals surface area contributed by atoms with Gasteiger partial charge in [0.1, 0.15) is 0 Å². The Morgan fingerprint density at radius 1 is 1.27 bits per heavy atom. The number of Topliss-reactive ketones (excluding diaryl/α,β-unsaturated/α-hetero) is 1. The van der Waals surface area contributed by atoms with Gasteiger partial charge in [0.25, 0.3) is 5.69 Å². The Labute approximate surface area is 176 Å². The smallest absolute Gasteiger partial charge is 0.269 e. The molecule has 1 aliphatic rings. The lowest BCUT2D eigenvalue weighted by atomic mass is 9.78. The van der Waals surface area contributed by atoms with Gasteiger partial charge in [-0.2, -0.15) is 0 Å². The third kappa shape index (κ3) is 5.07. The molecule has 3 rings (SSSR count). The topological polar surface area (TPSA) is 148 Å².